The molecule has 5 heteroatoms. The molecule has 0 spiro atoms. The summed E-state index contributed by atoms with van der Waals surface area (Å²) >= 11 is 0. The van der Waals surface area contributed by atoms with E-state index in [0.717, 1.165) is 17.5 Å². The number of carbonyl (C=O) groups excluding carboxylic acids is 1. The maximum atomic E-state index is 10.7. The Balaban J connectivity index is 2.60. The maximum absolute atomic E-state index is 10.7. The van der Waals surface area contributed by atoms with Gasteiger partial charge in [0, 0.05) is 11.8 Å². The zero-order valence-electron chi connectivity index (χ0n) is 7.56. The van der Waals surface area contributed by atoms with Crippen LogP contribution >= 0.6 is 0 Å². The summed E-state index contributed by atoms with van der Waals surface area (Å²) < 4.78 is 0. The molecule has 14 heavy (non-hydrogen) atoms. The lowest BCUT2D eigenvalue weighted by molar-refractivity contribution is 0.112. The van der Waals surface area contributed by atoms with Crippen molar-refractivity contribution in [2.24, 2.45) is 0 Å². The first-order valence-electron chi connectivity index (χ1n) is 4.08. The van der Waals surface area contributed by atoms with Crippen molar-refractivity contribution in [1.29, 1.82) is 0 Å². The number of hydrogen-bond acceptors (Lipinski definition) is 4. The Hall–Kier alpha value is -2.04. The Morgan fingerprint density at radius 3 is 3.00 bits per heavy atom. The summed E-state index contributed by atoms with van der Waals surface area (Å²) in [6.07, 6.45) is 5.36. The molecule has 2 heterocycles. The van der Waals surface area contributed by atoms with Crippen LogP contribution in [-0.2, 0) is 0 Å². The number of carbonyl (C=O) groups is 1. The van der Waals surface area contributed by atoms with Crippen LogP contribution < -0.4 is 0 Å². The van der Waals surface area contributed by atoms with Gasteiger partial charge in [-0.2, -0.15) is 5.10 Å². The van der Waals surface area contributed by atoms with Gasteiger partial charge in [0.1, 0.15) is 6.33 Å². The molecule has 2 aromatic rings. The highest BCUT2D eigenvalue weighted by molar-refractivity contribution is 5.85. The molecule has 1 N–H and O–H groups in total. The molecule has 0 bridgehead atoms. The van der Waals surface area contributed by atoms with Gasteiger partial charge in [-0.3, -0.25) is 9.89 Å². The van der Waals surface area contributed by atoms with E-state index in [1.807, 2.05) is 6.92 Å². The number of nitrogens with one attached hydrogen (secondary N) is 1. The Kier molecular flexibility index (Phi) is 2.06. The minimum atomic E-state index is 0.517. The summed E-state index contributed by atoms with van der Waals surface area (Å²) in [5.41, 5.74) is 2.79. The fourth-order valence-corrected chi connectivity index (χ4v) is 1.24. The molecule has 0 amide bonds. The molecule has 0 unspecified atom stereocenters. The van der Waals surface area contributed by atoms with Gasteiger partial charge in [-0.05, 0) is 6.92 Å². The van der Waals surface area contributed by atoms with Crippen molar-refractivity contribution >= 4 is 6.29 Å². The molecule has 0 saturated carbocycles. The predicted octanol–water partition coefficient (Wildman–Crippen LogP) is 0.988. The SMILES string of the molecule is Cc1ncncc1-c1[nH]ncc1C=O. The third-order valence-electron chi connectivity index (χ3n) is 1.98. The lowest BCUT2D eigenvalue weighted by Crippen LogP contribution is -1.91. The number of aryl methyl sites for hydroxylation is 1. The number of H-pyrrole nitrogens is 1. The van der Waals surface area contributed by atoms with Crippen LogP contribution in [0.1, 0.15) is 16.1 Å². The molecular weight excluding hydrogens is 180 g/mol. The molecule has 2 aromatic heterocycles. The van der Waals surface area contributed by atoms with Crippen LogP contribution in [0, 0.1) is 6.92 Å². The van der Waals surface area contributed by atoms with Gasteiger partial charge in [0.05, 0.1) is 23.1 Å². The minimum absolute atomic E-state index is 0.517. The highest BCUT2D eigenvalue weighted by Crippen LogP contribution is 2.20. The Labute approximate surface area is 80.2 Å². The number of hydrogen-bond donors (Lipinski definition) is 1. The molecule has 70 valence electrons. The van der Waals surface area contributed by atoms with E-state index in [9.17, 15) is 4.79 Å². The van der Waals surface area contributed by atoms with Gasteiger partial charge >= 0.3 is 0 Å². The Morgan fingerprint density at radius 2 is 2.29 bits per heavy atom. The monoisotopic (exact) mass is 188 g/mol. The summed E-state index contributed by atoms with van der Waals surface area (Å²) in [6, 6.07) is 0. The Bertz CT molecular complexity index is 463. The zero-order valence-corrected chi connectivity index (χ0v) is 7.56. The van der Waals surface area contributed by atoms with E-state index in [2.05, 4.69) is 20.2 Å². The van der Waals surface area contributed by atoms with E-state index in [-0.39, 0.29) is 0 Å². The predicted molar refractivity (Wildman–Crippen MR) is 49.7 cm³/mol. The third-order valence-corrected chi connectivity index (χ3v) is 1.98. The number of nitrogens with zero attached hydrogens (tertiary/aromatic N) is 3. The molecule has 0 aromatic carbocycles. The standard InChI is InChI=1S/C9H8N4O/c1-6-8(3-10-5-11-6)9-7(4-14)2-12-13-9/h2-5H,1H3,(H,12,13). The highest BCUT2D eigenvalue weighted by Gasteiger charge is 2.09. The van der Waals surface area contributed by atoms with Crippen molar-refractivity contribution in [3.63, 3.8) is 0 Å². The average molecular weight is 188 g/mol. The van der Waals surface area contributed by atoms with Crippen LogP contribution in [0.3, 0.4) is 0 Å². The van der Waals surface area contributed by atoms with Crippen molar-refractivity contribution in [1.82, 2.24) is 20.2 Å². The zero-order chi connectivity index (χ0) is 9.97. The van der Waals surface area contributed by atoms with Crippen LogP contribution in [0.2, 0.25) is 0 Å². The van der Waals surface area contributed by atoms with Gasteiger partial charge in [0.2, 0.25) is 0 Å². The van der Waals surface area contributed by atoms with Crippen LogP contribution in [-0.4, -0.2) is 26.5 Å². The molecule has 0 aliphatic carbocycles. The van der Waals surface area contributed by atoms with E-state index in [0.29, 0.717) is 11.3 Å². The average Bonchev–Trinajstić information content (AvgIpc) is 2.66. The van der Waals surface area contributed by atoms with Gasteiger partial charge in [0.25, 0.3) is 0 Å². The van der Waals surface area contributed by atoms with Gasteiger partial charge in [-0.15, -0.1) is 0 Å². The lowest BCUT2D eigenvalue weighted by Gasteiger charge is -2.00. The summed E-state index contributed by atoms with van der Waals surface area (Å²) in [5, 5.41) is 6.55. The molecule has 0 radical (unpaired) electrons. The van der Waals surface area contributed by atoms with Crippen LogP contribution in [0.25, 0.3) is 11.3 Å². The van der Waals surface area contributed by atoms with Crippen LogP contribution in [0.15, 0.2) is 18.7 Å². The first kappa shape index (κ1) is 8.55. The molecule has 5 nitrogen and oxygen atoms in total. The minimum Gasteiger partial charge on any atom is -0.298 e. The first-order valence-corrected chi connectivity index (χ1v) is 4.08. The van der Waals surface area contributed by atoms with Gasteiger partial charge < -0.3 is 0 Å². The lowest BCUT2D eigenvalue weighted by atomic mass is 10.1. The summed E-state index contributed by atoms with van der Waals surface area (Å²) in [6.45, 7) is 1.85. The smallest absolute Gasteiger partial charge is 0.153 e. The summed E-state index contributed by atoms with van der Waals surface area (Å²) in [7, 11) is 0. The van der Waals surface area contributed by atoms with Crippen LogP contribution in [0.5, 0.6) is 0 Å². The van der Waals surface area contributed by atoms with Crippen molar-refractivity contribution in [3.05, 3.63) is 30.0 Å². The summed E-state index contributed by atoms with van der Waals surface area (Å²) in [5.74, 6) is 0. The van der Waals surface area contributed by atoms with E-state index >= 15 is 0 Å². The second kappa shape index (κ2) is 3.37. The van der Waals surface area contributed by atoms with E-state index in [4.69, 9.17) is 0 Å². The third kappa shape index (κ3) is 1.28. The number of rotatable bonds is 2. The summed E-state index contributed by atoms with van der Waals surface area (Å²) in [4.78, 5) is 18.6. The van der Waals surface area contributed by atoms with Gasteiger partial charge in [-0.1, -0.05) is 0 Å². The molecular formula is C9H8N4O. The van der Waals surface area contributed by atoms with Crippen molar-refractivity contribution in [3.8, 4) is 11.3 Å². The molecule has 0 aliphatic rings. The maximum Gasteiger partial charge on any atom is 0.153 e. The molecule has 0 fully saturated rings. The quantitative estimate of drug-likeness (QED) is 0.713. The second-order valence-corrected chi connectivity index (χ2v) is 2.84. The fourth-order valence-electron chi connectivity index (χ4n) is 1.24. The van der Waals surface area contributed by atoms with Crippen molar-refractivity contribution in [2.45, 2.75) is 6.92 Å². The molecule has 0 atom stereocenters. The van der Waals surface area contributed by atoms with E-state index in [1.165, 1.54) is 12.5 Å². The van der Waals surface area contributed by atoms with E-state index in [1.54, 1.807) is 6.20 Å². The van der Waals surface area contributed by atoms with Gasteiger partial charge in [0.15, 0.2) is 6.29 Å². The van der Waals surface area contributed by atoms with Crippen molar-refractivity contribution in [2.75, 3.05) is 0 Å². The first-order chi connectivity index (χ1) is 6.83. The van der Waals surface area contributed by atoms with Crippen LogP contribution in [0.4, 0.5) is 0 Å². The fraction of sp³-hybridized carbons (Fsp3) is 0.111. The largest absolute Gasteiger partial charge is 0.298 e. The van der Waals surface area contributed by atoms with E-state index < -0.39 is 0 Å². The number of aldehydes is 1. The highest BCUT2D eigenvalue weighted by atomic mass is 16.1. The number of aromatic nitrogens is 4. The Morgan fingerprint density at radius 1 is 1.43 bits per heavy atom. The van der Waals surface area contributed by atoms with Gasteiger partial charge in [-0.25, -0.2) is 9.97 Å². The van der Waals surface area contributed by atoms with Crippen molar-refractivity contribution < 1.29 is 4.79 Å². The number of aromatic amines is 1. The normalized spacial score (nSPS) is 10.1. The molecule has 0 aliphatic heterocycles. The topological polar surface area (TPSA) is 71.5 Å². The molecule has 0 saturated heterocycles. The molecule has 2 rings (SSSR count). The second-order valence-electron chi connectivity index (χ2n) is 2.84.